The first-order valence-corrected chi connectivity index (χ1v) is 11.8. The Morgan fingerprint density at radius 3 is 2.55 bits per heavy atom. The van der Waals surface area contributed by atoms with Gasteiger partial charge in [0.15, 0.2) is 5.71 Å². The van der Waals surface area contributed by atoms with Crippen molar-refractivity contribution in [2.75, 3.05) is 32.2 Å². The molecule has 2 heterocycles. The lowest BCUT2D eigenvalue weighted by molar-refractivity contribution is -0.112. The molecule has 8 heteroatoms. The molecule has 172 valence electrons. The van der Waals surface area contributed by atoms with Crippen LogP contribution in [0.1, 0.15) is 26.3 Å². The molecule has 0 unspecified atom stereocenters. The molecular weight excluding hydrogens is 436 g/mol. The number of para-hydroxylation sites is 1. The summed E-state index contributed by atoms with van der Waals surface area (Å²) in [6.45, 7) is 7.41. The molecule has 2 aromatic carbocycles. The summed E-state index contributed by atoms with van der Waals surface area (Å²) < 4.78 is 12.8. The van der Waals surface area contributed by atoms with Crippen LogP contribution in [0, 0.1) is 5.92 Å². The second-order valence-electron chi connectivity index (χ2n) is 8.03. The van der Waals surface area contributed by atoms with E-state index in [4.69, 9.17) is 14.6 Å². The van der Waals surface area contributed by atoms with Gasteiger partial charge in [0.25, 0.3) is 5.91 Å². The van der Waals surface area contributed by atoms with Crippen molar-refractivity contribution in [2.45, 2.75) is 20.8 Å². The Hall–Kier alpha value is -3.39. The van der Waals surface area contributed by atoms with Gasteiger partial charge in [-0.2, -0.15) is 5.10 Å². The van der Waals surface area contributed by atoms with E-state index >= 15 is 0 Å². The van der Waals surface area contributed by atoms with Crippen molar-refractivity contribution >= 4 is 28.6 Å². The Bertz CT molecular complexity index is 1270. The molecular formula is C25H28N4O3S. The molecule has 0 atom stereocenters. The maximum atomic E-state index is 13.5. The first kappa shape index (κ1) is 22.8. The Labute approximate surface area is 197 Å². The van der Waals surface area contributed by atoms with Crippen LogP contribution in [0.3, 0.4) is 0 Å². The van der Waals surface area contributed by atoms with Crippen molar-refractivity contribution in [2.24, 2.45) is 16.0 Å². The Morgan fingerprint density at radius 1 is 1.06 bits per heavy atom. The molecule has 0 saturated carbocycles. The largest absolute Gasteiger partial charge is 0.497 e. The summed E-state index contributed by atoms with van der Waals surface area (Å²) >= 11 is 1.47. The van der Waals surface area contributed by atoms with Crippen molar-refractivity contribution in [3.05, 3.63) is 58.2 Å². The first-order valence-electron chi connectivity index (χ1n) is 10.9. The van der Waals surface area contributed by atoms with E-state index in [1.54, 1.807) is 18.9 Å². The molecule has 1 aliphatic heterocycles. The molecule has 0 spiro atoms. The molecule has 0 N–H and O–H groups in total. The Morgan fingerprint density at radius 2 is 1.85 bits per heavy atom. The third-order valence-corrected chi connectivity index (χ3v) is 6.16. The van der Waals surface area contributed by atoms with Crippen LogP contribution in [-0.2, 0) is 4.79 Å². The highest BCUT2D eigenvalue weighted by atomic mass is 32.1. The third-order valence-electron chi connectivity index (χ3n) is 5.31. The van der Waals surface area contributed by atoms with E-state index in [1.807, 2.05) is 59.7 Å². The predicted octanol–water partition coefficient (Wildman–Crippen LogP) is 4.41. The molecule has 1 aliphatic rings. The van der Waals surface area contributed by atoms with Gasteiger partial charge >= 0.3 is 0 Å². The first-order chi connectivity index (χ1) is 16.0. The number of rotatable bonds is 7. The molecule has 3 aromatic rings. The number of ether oxygens (including phenoxy) is 2. The van der Waals surface area contributed by atoms with Gasteiger partial charge in [0.2, 0.25) is 4.80 Å². The maximum Gasteiger partial charge on any atom is 0.279 e. The highest BCUT2D eigenvalue weighted by Crippen LogP contribution is 2.35. The number of thiazole rings is 1. The van der Waals surface area contributed by atoms with Crippen molar-refractivity contribution in [1.82, 2.24) is 4.68 Å². The van der Waals surface area contributed by atoms with Crippen molar-refractivity contribution in [3.8, 4) is 22.8 Å². The van der Waals surface area contributed by atoms with Crippen LogP contribution in [0.15, 0.2) is 57.9 Å². The average molecular weight is 465 g/mol. The van der Waals surface area contributed by atoms with E-state index in [2.05, 4.69) is 18.8 Å². The lowest BCUT2D eigenvalue weighted by Gasteiger charge is -2.18. The van der Waals surface area contributed by atoms with Crippen LogP contribution in [0.4, 0.5) is 5.69 Å². The minimum Gasteiger partial charge on any atom is -0.497 e. The minimum absolute atomic E-state index is 0.102. The summed E-state index contributed by atoms with van der Waals surface area (Å²) in [4.78, 5) is 20.6. The van der Waals surface area contributed by atoms with E-state index in [0.717, 1.165) is 22.5 Å². The van der Waals surface area contributed by atoms with Crippen LogP contribution in [0.2, 0.25) is 0 Å². The van der Waals surface area contributed by atoms with Crippen LogP contribution in [0.5, 0.6) is 11.5 Å². The molecule has 0 saturated heterocycles. The summed E-state index contributed by atoms with van der Waals surface area (Å²) in [7, 11) is 3.26. The summed E-state index contributed by atoms with van der Waals surface area (Å²) in [5, 5.41) is 6.87. The monoisotopic (exact) mass is 464 g/mol. The molecule has 0 bridgehead atoms. The molecule has 33 heavy (non-hydrogen) atoms. The van der Waals surface area contributed by atoms with Crippen LogP contribution < -0.4 is 19.2 Å². The number of carbonyl (C=O) groups excluding carboxylic acids is 1. The van der Waals surface area contributed by atoms with Crippen LogP contribution >= 0.6 is 11.3 Å². The lowest BCUT2D eigenvalue weighted by Crippen LogP contribution is -2.34. The molecule has 1 aromatic heterocycles. The summed E-state index contributed by atoms with van der Waals surface area (Å²) in [5.41, 5.74) is 3.72. The van der Waals surface area contributed by atoms with E-state index in [0.29, 0.717) is 41.0 Å². The topological polar surface area (TPSA) is 68.4 Å². The van der Waals surface area contributed by atoms with Gasteiger partial charge in [-0.05, 0) is 37.1 Å². The standard InChI is InChI=1S/C25H28N4O3S/c1-6-26-25-29(21(15-33-25)19-13-17(31-4)11-12-22(19)32-5)27-23-18-9-7-8-10-20(18)28(24(23)30)14-16(2)3/h7-13,15-16H,6,14H2,1-5H3. The zero-order chi connectivity index (χ0) is 23.5. The number of hydrogen-bond acceptors (Lipinski definition) is 6. The number of anilines is 1. The zero-order valence-electron chi connectivity index (χ0n) is 19.5. The lowest BCUT2D eigenvalue weighted by atomic mass is 10.1. The third kappa shape index (κ3) is 4.30. The van der Waals surface area contributed by atoms with Gasteiger partial charge in [-0.3, -0.25) is 9.79 Å². The SMILES string of the molecule is CCN=c1scc(-c2cc(OC)ccc2OC)n1N=C1C(=O)N(CC(C)C)c2ccccc21. The number of hydrogen-bond donors (Lipinski definition) is 0. The number of fused-ring (bicyclic) bond motifs is 1. The number of amides is 1. The van der Waals surface area contributed by atoms with E-state index < -0.39 is 0 Å². The van der Waals surface area contributed by atoms with E-state index in [1.165, 1.54) is 11.3 Å². The highest BCUT2D eigenvalue weighted by molar-refractivity contribution is 7.07. The highest BCUT2D eigenvalue weighted by Gasteiger charge is 2.34. The van der Waals surface area contributed by atoms with Crippen molar-refractivity contribution < 1.29 is 14.3 Å². The maximum absolute atomic E-state index is 13.5. The number of carbonyl (C=O) groups is 1. The second kappa shape index (κ2) is 9.62. The number of nitrogens with zero attached hydrogens (tertiary/aromatic N) is 4. The average Bonchev–Trinajstić information content (AvgIpc) is 3.33. The van der Waals surface area contributed by atoms with E-state index in [-0.39, 0.29) is 5.91 Å². The quantitative estimate of drug-likeness (QED) is 0.520. The second-order valence-corrected chi connectivity index (χ2v) is 8.87. The van der Waals surface area contributed by atoms with Gasteiger partial charge in [-0.15, -0.1) is 11.3 Å². The van der Waals surface area contributed by atoms with Gasteiger partial charge in [-0.25, -0.2) is 4.68 Å². The Kier molecular flexibility index (Phi) is 6.65. The zero-order valence-corrected chi connectivity index (χ0v) is 20.3. The van der Waals surface area contributed by atoms with Crippen molar-refractivity contribution in [1.29, 1.82) is 0 Å². The molecule has 0 aliphatic carbocycles. The molecule has 4 rings (SSSR count). The van der Waals surface area contributed by atoms with Gasteiger partial charge in [0.1, 0.15) is 11.5 Å². The van der Waals surface area contributed by atoms with Gasteiger partial charge in [-0.1, -0.05) is 32.0 Å². The molecule has 7 nitrogen and oxygen atoms in total. The van der Waals surface area contributed by atoms with Crippen LogP contribution in [0.25, 0.3) is 11.3 Å². The number of aromatic nitrogens is 1. The smallest absolute Gasteiger partial charge is 0.279 e. The fourth-order valence-corrected chi connectivity index (χ4v) is 4.73. The molecule has 1 amide bonds. The van der Waals surface area contributed by atoms with E-state index in [9.17, 15) is 4.79 Å². The summed E-state index contributed by atoms with van der Waals surface area (Å²) in [5.74, 6) is 1.62. The minimum atomic E-state index is -0.102. The Balaban J connectivity index is 1.93. The number of benzene rings is 2. The van der Waals surface area contributed by atoms with Crippen LogP contribution in [-0.4, -0.2) is 43.6 Å². The molecule has 0 fully saturated rings. The fraction of sp³-hybridized carbons (Fsp3) is 0.320. The summed E-state index contributed by atoms with van der Waals surface area (Å²) in [6.07, 6.45) is 0. The van der Waals surface area contributed by atoms with Gasteiger partial charge in [0.05, 0.1) is 25.6 Å². The predicted molar refractivity (Wildman–Crippen MR) is 133 cm³/mol. The van der Waals surface area contributed by atoms with Gasteiger partial charge in [0, 0.05) is 29.6 Å². The number of methoxy groups -OCH3 is 2. The summed E-state index contributed by atoms with van der Waals surface area (Å²) in [6, 6.07) is 13.4. The van der Waals surface area contributed by atoms with Gasteiger partial charge < -0.3 is 14.4 Å². The fourth-order valence-electron chi connectivity index (χ4n) is 3.84. The van der Waals surface area contributed by atoms with Crippen molar-refractivity contribution in [3.63, 3.8) is 0 Å². The molecule has 0 radical (unpaired) electrons. The normalized spacial score (nSPS) is 15.0.